The van der Waals surface area contributed by atoms with E-state index < -0.39 is 0 Å². The highest BCUT2D eigenvalue weighted by Gasteiger charge is 2.12. The molecule has 0 amide bonds. The lowest BCUT2D eigenvalue weighted by Gasteiger charge is -2.09. The lowest BCUT2D eigenvalue weighted by Crippen LogP contribution is -2.01. The Hall–Kier alpha value is -2.29. The summed E-state index contributed by atoms with van der Waals surface area (Å²) in [7, 11) is 0. The molecule has 3 nitrogen and oxygen atoms in total. The molecule has 2 rings (SSSR count). The van der Waals surface area contributed by atoms with Gasteiger partial charge in [0.1, 0.15) is 11.5 Å². The van der Waals surface area contributed by atoms with Crippen molar-refractivity contribution in [3.8, 4) is 11.5 Å². The van der Waals surface area contributed by atoms with Crippen LogP contribution < -0.4 is 0 Å². The molecule has 0 unspecified atom stereocenters. The van der Waals surface area contributed by atoms with Crippen LogP contribution in [0.15, 0.2) is 42.5 Å². The maximum absolute atomic E-state index is 12.0. The molecule has 3 heteroatoms. The van der Waals surface area contributed by atoms with Gasteiger partial charge in [0, 0.05) is 17.5 Å². The number of phenols is 2. The fraction of sp³-hybridized carbons (Fsp3) is 0.188. The molecule has 0 fully saturated rings. The van der Waals surface area contributed by atoms with Crippen LogP contribution in [0.25, 0.3) is 0 Å². The fourth-order valence-corrected chi connectivity index (χ4v) is 2.00. The van der Waals surface area contributed by atoms with E-state index in [1.807, 2.05) is 18.2 Å². The Kier molecular flexibility index (Phi) is 3.85. The van der Waals surface area contributed by atoms with Crippen LogP contribution in [0, 0.1) is 6.92 Å². The molecule has 0 bridgehead atoms. The van der Waals surface area contributed by atoms with Crippen molar-refractivity contribution in [2.24, 2.45) is 0 Å². The van der Waals surface area contributed by atoms with E-state index in [1.54, 1.807) is 25.1 Å². The van der Waals surface area contributed by atoms with Crippen molar-refractivity contribution in [2.75, 3.05) is 0 Å². The minimum atomic E-state index is 0.000839. The first-order valence-electron chi connectivity index (χ1n) is 6.18. The third-order valence-electron chi connectivity index (χ3n) is 3.16. The van der Waals surface area contributed by atoms with Gasteiger partial charge in [0.05, 0.1) is 0 Å². The number of benzene rings is 2. The van der Waals surface area contributed by atoms with Gasteiger partial charge >= 0.3 is 0 Å². The number of aryl methyl sites for hydroxylation is 1. The minimum Gasteiger partial charge on any atom is -0.508 e. The summed E-state index contributed by atoms with van der Waals surface area (Å²) in [6, 6.07) is 12.2. The zero-order chi connectivity index (χ0) is 13.8. The van der Waals surface area contributed by atoms with Crippen molar-refractivity contribution in [1.82, 2.24) is 0 Å². The van der Waals surface area contributed by atoms with Gasteiger partial charge in [-0.2, -0.15) is 0 Å². The van der Waals surface area contributed by atoms with Crippen molar-refractivity contribution in [1.29, 1.82) is 0 Å². The minimum absolute atomic E-state index is 0.000839. The summed E-state index contributed by atoms with van der Waals surface area (Å²) in [5.41, 5.74) is 1.78. The zero-order valence-corrected chi connectivity index (χ0v) is 10.8. The Morgan fingerprint density at radius 2 is 1.74 bits per heavy atom. The largest absolute Gasteiger partial charge is 0.508 e. The maximum Gasteiger partial charge on any atom is 0.163 e. The maximum atomic E-state index is 12.0. The van der Waals surface area contributed by atoms with Gasteiger partial charge in [-0.05, 0) is 25.0 Å². The van der Waals surface area contributed by atoms with Gasteiger partial charge in [0.15, 0.2) is 5.78 Å². The van der Waals surface area contributed by atoms with E-state index in [-0.39, 0.29) is 23.7 Å². The fourth-order valence-electron chi connectivity index (χ4n) is 2.00. The molecule has 0 aromatic heterocycles. The highest BCUT2D eigenvalue weighted by atomic mass is 16.3. The van der Waals surface area contributed by atoms with Gasteiger partial charge < -0.3 is 10.2 Å². The summed E-state index contributed by atoms with van der Waals surface area (Å²) in [6.45, 7) is 1.76. The lowest BCUT2D eigenvalue weighted by atomic mass is 10.00. The average Bonchev–Trinajstić information content (AvgIpc) is 2.44. The summed E-state index contributed by atoms with van der Waals surface area (Å²) in [4.78, 5) is 12.0. The van der Waals surface area contributed by atoms with Crippen molar-refractivity contribution in [2.45, 2.75) is 19.8 Å². The van der Waals surface area contributed by atoms with E-state index in [4.69, 9.17) is 0 Å². The molecule has 0 atom stereocenters. The van der Waals surface area contributed by atoms with Crippen LogP contribution in [0.3, 0.4) is 0 Å². The van der Waals surface area contributed by atoms with E-state index >= 15 is 0 Å². The summed E-state index contributed by atoms with van der Waals surface area (Å²) < 4.78 is 0. The van der Waals surface area contributed by atoms with Crippen LogP contribution in [-0.2, 0) is 6.42 Å². The van der Waals surface area contributed by atoms with Gasteiger partial charge in [-0.25, -0.2) is 0 Å². The number of carbonyl (C=O) groups is 1. The van der Waals surface area contributed by atoms with Crippen LogP contribution in [0.2, 0.25) is 0 Å². The standard InChI is InChI=1S/C16H16O3/c1-11-7-9-15(18)13(16(11)19)8-10-14(17)12-5-3-2-4-6-12/h2-7,9,18-19H,8,10H2,1H3. The third kappa shape index (κ3) is 2.94. The molecule has 0 saturated carbocycles. The summed E-state index contributed by atoms with van der Waals surface area (Å²) >= 11 is 0. The average molecular weight is 256 g/mol. The summed E-state index contributed by atoms with van der Waals surface area (Å²) in [5.74, 6) is 0.103. The number of rotatable bonds is 4. The second kappa shape index (κ2) is 5.57. The van der Waals surface area contributed by atoms with Gasteiger partial charge in [-0.3, -0.25) is 4.79 Å². The SMILES string of the molecule is Cc1ccc(O)c(CCC(=O)c2ccccc2)c1O. The quantitative estimate of drug-likeness (QED) is 0.826. The van der Waals surface area contributed by atoms with Crippen LogP contribution in [0.1, 0.15) is 27.9 Å². The Bertz CT molecular complexity index is 588. The molecule has 2 aromatic rings. The number of hydrogen-bond donors (Lipinski definition) is 2. The lowest BCUT2D eigenvalue weighted by molar-refractivity contribution is 0.0982. The molecule has 98 valence electrons. The first-order chi connectivity index (χ1) is 9.09. The molecule has 0 saturated heterocycles. The molecule has 2 N–H and O–H groups in total. The first kappa shape index (κ1) is 13.1. The summed E-state index contributed by atoms with van der Waals surface area (Å²) in [6.07, 6.45) is 0.585. The van der Waals surface area contributed by atoms with Gasteiger partial charge in [-0.15, -0.1) is 0 Å². The number of phenolic OH excluding ortho intramolecular Hbond substituents is 2. The second-order valence-electron chi connectivity index (χ2n) is 4.52. The Labute approximate surface area is 112 Å². The number of hydrogen-bond acceptors (Lipinski definition) is 3. The number of ketones is 1. The molecule has 0 spiro atoms. The third-order valence-corrected chi connectivity index (χ3v) is 3.16. The molecular weight excluding hydrogens is 240 g/mol. The molecule has 0 heterocycles. The number of carbonyl (C=O) groups excluding carboxylic acids is 1. The predicted molar refractivity (Wildman–Crippen MR) is 73.6 cm³/mol. The van der Waals surface area contributed by atoms with E-state index in [0.717, 1.165) is 0 Å². The molecule has 0 radical (unpaired) electrons. The van der Waals surface area contributed by atoms with Crippen LogP contribution in [-0.4, -0.2) is 16.0 Å². The predicted octanol–water partition coefficient (Wildman–Crippen LogP) is 3.22. The van der Waals surface area contributed by atoms with Crippen molar-refractivity contribution in [3.05, 3.63) is 59.2 Å². The molecule has 19 heavy (non-hydrogen) atoms. The van der Waals surface area contributed by atoms with E-state index in [9.17, 15) is 15.0 Å². The molecule has 0 aliphatic rings. The van der Waals surface area contributed by atoms with Gasteiger partial charge in [0.2, 0.25) is 0 Å². The van der Waals surface area contributed by atoms with E-state index in [2.05, 4.69) is 0 Å². The van der Waals surface area contributed by atoms with Gasteiger partial charge in [-0.1, -0.05) is 36.4 Å². The van der Waals surface area contributed by atoms with Crippen LogP contribution >= 0.6 is 0 Å². The van der Waals surface area contributed by atoms with Crippen LogP contribution in [0.5, 0.6) is 11.5 Å². The van der Waals surface area contributed by atoms with E-state index in [1.165, 1.54) is 6.07 Å². The molecule has 2 aromatic carbocycles. The highest BCUT2D eigenvalue weighted by Crippen LogP contribution is 2.31. The molecular formula is C16H16O3. The van der Waals surface area contributed by atoms with Crippen LogP contribution in [0.4, 0.5) is 0 Å². The van der Waals surface area contributed by atoms with Gasteiger partial charge in [0.25, 0.3) is 0 Å². The first-order valence-corrected chi connectivity index (χ1v) is 6.18. The van der Waals surface area contributed by atoms with Crippen molar-refractivity contribution < 1.29 is 15.0 Å². The Morgan fingerprint density at radius 3 is 2.42 bits per heavy atom. The second-order valence-corrected chi connectivity index (χ2v) is 4.52. The topological polar surface area (TPSA) is 57.5 Å². The highest BCUT2D eigenvalue weighted by molar-refractivity contribution is 5.96. The molecule has 0 aliphatic carbocycles. The smallest absolute Gasteiger partial charge is 0.163 e. The van der Waals surface area contributed by atoms with Crippen molar-refractivity contribution in [3.63, 3.8) is 0 Å². The zero-order valence-electron chi connectivity index (χ0n) is 10.8. The number of aromatic hydroxyl groups is 2. The monoisotopic (exact) mass is 256 g/mol. The number of Topliss-reactive ketones (excluding diaryl/α,β-unsaturated/α-hetero) is 1. The Balaban J connectivity index is 2.12. The Morgan fingerprint density at radius 1 is 1.05 bits per heavy atom. The normalized spacial score (nSPS) is 10.4. The molecule has 0 aliphatic heterocycles. The summed E-state index contributed by atoms with van der Waals surface area (Å²) in [5, 5.41) is 19.6. The van der Waals surface area contributed by atoms with Crippen molar-refractivity contribution >= 4 is 5.78 Å². The van der Waals surface area contributed by atoms with E-state index in [0.29, 0.717) is 23.1 Å².